The van der Waals surface area contributed by atoms with Gasteiger partial charge in [0, 0.05) is 12.7 Å². The second-order valence-electron chi connectivity index (χ2n) is 2.71. The molecule has 0 saturated carbocycles. The third-order valence-electron chi connectivity index (χ3n) is 1.32. The molecule has 0 aliphatic heterocycles. The van der Waals surface area contributed by atoms with Gasteiger partial charge in [-0.1, -0.05) is 13.0 Å². The zero-order valence-corrected chi connectivity index (χ0v) is 8.44. The van der Waals surface area contributed by atoms with Crippen molar-refractivity contribution >= 4 is 5.97 Å². The first kappa shape index (κ1) is 13.1. The van der Waals surface area contributed by atoms with E-state index in [1.54, 1.807) is 13.0 Å². The normalized spacial score (nSPS) is 13.1. The number of ether oxygens (including phenoxy) is 2. The molecule has 0 aliphatic rings. The molecular weight excluding hydrogens is 184 g/mol. The molecule has 0 spiro atoms. The number of allylic oxidation sites excluding steroid dienone is 1. The average Bonchev–Trinajstić information content (AvgIpc) is 2.16. The first-order valence-electron chi connectivity index (χ1n) is 4.55. The first-order valence-corrected chi connectivity index (χ1v) is 4.55. The van der Waals surface area contributed by atoms with Gasteiger partial charge in [0.05, 0.1) is 6.61 Å². The Hall–Kier alpha value is -0.870. The van der Waals surface area contributed by atoms with Gasteiger partial charge in [-0.05, 0) is 13.3 Å². The maximum atomic E-state index is 10.8. The minimum Gasteiger partial charge on any atom is -0.460 e. The standard InChI is InChI=1S/C10H17O4/c1-3-5-10(12)14-8-9(11)7-13-6-4-2/h3,5,9,11H,2,4,6-8H2,1H3. The molecule has 81 valence electrons. The van der Waals surface area contributed by atoms with Gasteiger partial charge in [-0.25, -0.2) is 4.79 Å². The summed E-state index contributed by atoms with van der Waals surface area (Å²) < 4.78 is 9.72. The van der Waals surface area contributed by atoms with E-state index in [0.29, 0.717) is 13.0 Å². The lowest BCUT2D eigenvalue weighted by atomic mass is 10.4. The van der Waals surface area contributed by atoms with Crippen molar-refractivity contribution in [2.75, 3.05) is 19.8 Å². The van der Waals surface area contributed by atoms with Crippen LogP contribution in [0.25, 0.3) is 0 Å². The fourth-order valence-corrected chi connectivity index (χ4v) is 0.732. The molecule has 1 unspecified atom stereocenters. The van der Waals surface area contributed by atoms with Crippen molar-refractivity contribution in [3.05, 3.63) is 19.1 Å². The molecule has 1 radical (unpaired) electrons. The molecule has 0 bridgehead atoms. The largest absolute Gasteiger partial charge is 0.460 e. The van der Waals surface area contributed by atoms with E-state index in [1.807, 2.05) is 0 Å². The van der Waals surface area contributed by atoms with Gasteiger partial charge in [0.25, 0.3) is 0 Å². The van der Waals surface area contributed by atoms with Gasteiger partial charge in [-0.2, -0.15) is 0 Å². The number of hydrogen-bond acceptors (Lipinski definition) is 4. The van der Waals surface area contributed by atoms with Crippen LogP contribution in [0.4, 0.5) is 0 Å². The Morgan fingerprint density at radius 3 is 2.86 bits per heavy atom. The number of rotatable bonds is 7. The molecular formula is C10H17O4. The van der Waals surface area contributed by atoms with Crippen LogP contribution in [0.15, 0.2) is 12.2 Å². The lowest BCUT2D eigenvalue weighted by Gasteiger charge is -2.10. The smallest absolute Gasteiger partial charge is 0.330 e. The van der Waals surface area contributed by atoms with Gasteiger partial charge >= 0.3 is 5.97 Å². The van der Waals surface area contributed by atoms with E-state index < -0.39 is 12.1 Å². The molecule has 0 fully saturated rings. The van der Waals surface area contributed by atoms with Gasteiger partial charge in [0.1, 0.15) is 12.7 Å². The van der Waals surface area contributed by atoms with E-state index in [9.17, 15) is 9.90 Å². The third kappa shape index (κ3) is 7.76. The maximum absolute atomic E-state index is 10.8. The molecule has 1 atom stereocenters. The highest BCUT2D eigenvalue weighted by Crippen LogP contribution is 1.90. The fraction of sp³-hybridized carbons (Fsp3) is 0.600. The van der Waals surface area contributed by atoms with Crippen LogP contribution >= 0.6 is 0 Å². The van der Waals surface area contributed by atoms with Crippen molar-refractivity contribution in [3.8, 4) is 0 Å². The highest BCUT2D eigenvalue weighted by atomic mass is 16.5. The summed E-state index contributed by atoms with van der Waals surface area (Å²) in [6.45, 7) is 5.92. The van der Waals surface area contributed by atoms with Crippen LogP contribution in [0.2, 0.25) is 0 Å². The number of aliphatic hydroxyl groups is 1. The summed E-state index contributed by atoms with van der Waals surface area (Å²) in [5, 5.41) is 9.25. The minimum absolute atomic E-state index is 0.0414. The molecule has 4 nitrogen and oxygen atoms in total. The summed E-state index contributed by atoms with van der Waals surface area (Å²) in [4.78, 5) is 10.8. The summed E-state index contributed by atoms with van der Waals surface area (Å²) in [6.07, 6.45) is 2.76. The van der Waals surface area contributed by atoms with Crippen molar-refractivity contribution in [3.63, 3.8) is 0 Å². The van der Waals surface area contributed by atoms with Crippen LogP contribution in [0.5, 0.6) is 0 Å². The number of aliphatic hydroxyl groups excluding tert-OH is 1. The second kappa shape index (κ2) is 8.72. The Labute approximate surface area is 84.5 Å². The van der Waals surface area contributed by atoms with Crippen LogP contribution in [-0.2, 0) is 14.3 Å². The van der Waals surface area contributed by atoms with Crippen molar-refractivity contribution in [1.29, 1.82) is 0 Å². The SMILES string of the molecule is [CH2]CCOCC(O)COC(=O)C=CC. The summed E-state index contributed by atoms with van der Waals surface area (Å²) in [5.41, 5.74) is 0. The van der Waals surface area contributed by atoms with E-state index in [4.69, 9.17) is 9.47 Å². The fourth-order valence-electron chi connectivity index (χ4n) is 0.732. The molecule has 0 saturated heterocycles. The average molecular weight is 201 g/mol. The summed E-state index contributed by atoms with van der Waals surface area (Å²) >= 11 is 0. The Balaban J connectivity index is 3.43. The van der Waals surface area contributed by atoms with E-state index >= 15 is 0 Å². The van der Waals surface area contributed by atoms with Crippen LogP contribution in [0.3, 0.4) is 0 Å². The van der Waals surface area contributed by atoms with Crippen molar-refractivity contribution in [2.24, 2.45) is 0 Å². The lowest BCUT2D eigenvalue weighted by Crippen LogP contribution is -2.23. The predicted octanol–water partition coefficient (Wildman–Crippen LogP) is 0.707. The van der Waals surface area contributed by atoms with Gasteiger partial charge in [0.2, 0.25) is 0 Å². The Morgan fingerprint density at radius 1 is 1.57 bits per heavy atom. The Kier molecular flexibility index (Phi) is 8.17. The Morgan fingerprint density at radius 2 is 2.29 bits per heavy atom. The van der Waals surface area contributed by atoms with E-state index in [0.717, 1.165) is 0 Å². The Bertz CT molecular complexity index is 177. The molecule has 0 aromatic heterocycles. The molecule has 0 rings (SSSR count). The molecule has 14 heavy (non-hydrogen) atoms. The zero-order valence-electron chi connectivity index (χ0n) is 8.44. The number of carbonyl (C=O) groups excluding carboxylic acids is 1. The quantitative estimate of drug-likeness (QED) is 0.374. The molecule has 1 N–H and O–H groups in total. The van der Waals surface area contributed by atoms with Crippen LogP contribution < -0.4 is 0 Å². The predicted molar refractivity (Wildman–Crippen MR) is 52.6 cm³/mol. The van der Waals surface area contributed by atoms with E-state index in [-0.39, 0.29) is 13.2 Å². The van der Waals surface area contributed by atoms with E-state index in [1.165, 1.54) is 6.08 Å². The van der Waals surface area contributed by atoms with Gasteiger partial charge in [-0.3, -0.25) is 0 Å². The zero-order chi connectivity index (χ0) is 10.8. The second-order valence-corrected chi connectivity index (χ2v) is 2.71. The van der Waals surface area contributed by atoms with Crippen LogP contribution in [0.1, 0.15) is 13.3 Å². The molecule has 0 amide bonds. The van der Waals surface area contributed by atoms with Crippen LogP contribution in [0, 0.1) is 6.92 Å². The number of esters is 1. The molecule has 0 aromatic rings. The summed E-state index contributed by atoms with van der Waals surface area (Å²) in [5.74, 6) is -0.455. The number of hydrogen-bond donors (Lipinski definition) is 1. The minimum atomic E-state index is -0.768. The first-order chi connectivity index (χ1) is 6.70. The highest BCUT2D eigenvalue weighted by molar-refractivity contribution is 5.81. The summed E-state index contributed by atoms with van der Waals surface area (Å²) in [6, 6.07) is 0. The molecule has 0 heterocycles. The topological polar surface area (TPSA) is 55.8 Å². The van der Waals surface area contributed by atoms with Crippen LogP contribution in [-0.4, -0.2) is 37.0 Å². The van der Waals surface area contributed by atoms with Gasteiger partial charge in [-0.15, -0.1) is 0 Å². The molecule has 0 aromatic carbocycles. The monoisotopic (exact) mass is 201 g/mol. The molecule has 0 aliphatic carbocycles. The summed E-state index contributed by atoms with van der Waals surface area (Å²) in [7, 11) is 0. The van der Waals surface area contributed by atoms with Gasteiger partial charge in [0.15, 0.2) is 0 Å². The third-order valence-corrected chi connectivity index (χ3v) is 1.32. The van der Waals surface area contributed by atoms with Crippen molar-refractivity contribution in [1.82, 2.24) is 0 Å². The molecule has 4 heteroatoms. The maximum Gasteiger partial charge on any atom is 0.330 e. The lowest BCUT2D eigenvalue weighted by molar-refractivity contribution is -0.141. The van der Waals surface area contributed by atoms with Crippen molar-refractivity contribution in [2.45, 2.75) is 19.4 Å². The van der Waals surface area contributed by atoms with Crippen molar-refractivity contribution < 1.29 is 19.4 Å². The van der Waals surface area contributed by atoms with Gasteiger partial charge < -0.3 is 14.6 Å². The van der Waals surface area contributed by atoms with E-state index in [2.05, 4.69) is 6.92 Å². The number of carbonyl (C=O) groups is 1. The highest BCUT2D eigenvalue weighted by Gasteiger charge is 2.06.